The Morgan fingerprint density at radius 3 is 1.74 bits per heavy atom. The summed E-state index contributed by atoms with van der Waals surface area (Å²) < 4.78 is 0. The minimum atomic E-state index is -0.864. The second kappa shape index (κ2) is 10.5. The summed E-state index contributed by atoms with van der Waals surface area (Å²) in [6.07, 6.45) is 2.30. The number of ketones is 1. The first-order chi connectivity index (χ1) is 16.5. The Morgan fingerprint density at radius 1 is 0.853 bits per heavy atom. The van der Waals surface area contributed by atoms with Crippen LogP contribution in [0.15, 0.2) is 91.0 Å². The SMILES string of the molecule is NC(=O)[C@H](NC(=O)CC(c1ccccc1)(c1ccccc1)c1ccccc1)[C@@H]1CCCC(=O)C1. The van der Waals surface area contributed by atoms with E-state index >= 15 is 0 Å². The van der Waals surface area contributed by atoms with Gasteiger partial charge in [-0.25, -0.2) is 0 Å². The molecule has 4 rings (SSSR count). The Morgan fingerprint density at radius 2 is 1.32 bits per heavy atom. The van der Waals surface area contributed by atoms with Crippen molar-refractivity contribution in [3.63, 3.8) is 0 Å². The van der Waals surface area contributed by atoms with Crippen LogP contribution < -0.4 is 11.1 Å². The summed E-state index contributed by atoms with van der Waals surface area (Å²) in [5.74, 6) is -1.03. The van der Waals surface area contributed by atoms with Crippen molar-refractivity contribution >= 4 is 17.6 Å². The smallest absolute Gasteiger partial charge is 0.240 e. The van der Waals surface area contributed by atoms with Gasteiger partial charge < -0.3 is 11.1 Å². The van der Waals surface area contributed by atoms with Gasteiger partial charge in [-0.3, -0.25) is 14.4 Å². The minimum absolute atomic E-state index is 0.0927. The van der Waals surface area contributed by atoms with Gasteiger partial charge in [0.2, 0.25) is 11.8 Å². The van der Waals surface area contributed by atoms with Crippen molar-refractivity contribution in [2.24, 2.45) is 11.7 Å². The van der Waals surface area contributed by atoms with Crippen LogP contribution >= 0.6 is 0 Å². The van der Waals surface area contributed by atoms with Gasteiger partial charge in [-0.15, -0.1) is 0 Å². The molecule has 34 heavy (non-hydrogen) atoms. The maximum atomic E-state index is 13.6. The number of hydrogen-bond acceptors (Lipinski definition) is 3. The third-order valence-electron chi connectivity index (χ3n) is 6.84. The summed E-state index contributed by atoms with van der Waals surface area (Å²) in [6, 6.07) is 28.9. The van der Waals surface area contributed by atoms with E-state index in [1.54, 1.807) is 0 Å². The molecular weight excluding hydrogens is 424 g/mol. The van der Waals surface area contributed by atoms with Crippen LogP contribution in [0.4, 0.5) is 0 Å². The molecule has 1 fully saturated rings. The van der Waals surface area contributed by atoms with Gasteiger partial charge in [0.15, 0.2) is 0 Å². The van der Waals surface area contributed by atoms with Crippen LogP contribution in [0.25, 0.3) is 0 Å². The van der Waals surface area contributed by atoms with Crippen LogP contribution in [-0.2, 0) is 19.8 Å². The number of hydrogen-bond donors (Lipinski definition) is 2. The van der Waals surface area contributed by atoms with Gasteiger partial charge in [0.25, 0.3) is 0 Å². The van der Waals surface area contributed by atoms with Crippen LogP contribution in [-0.4, -0.2) is 23.6 Å². The first kappa shape index (κ1) is 23.4. The molecule has 0 saturated heterocycles. The number of Topliss-reactive ketones (excluding diaryl/α,β-unsaturated/α-hetero) is 1. The maximum absolute atomic E-state index is 13.6. The molecule has 0 radical (unpaired) electrons. The zero-order valence-corrected chi connectivity index (χ0v) is 19.2. The molecule has 5 heteroatoms. The Bertz CT molecular complexity index is 1030. The van der Waals surface area contributed by atoms with E-state index in [0.29, 0.717) is 19.3 Å². The van der Waals surface area contributed by atoms with Gasteiger partial charge >= 0.3 is 0 Å². The van der Waals surface area contributed by atoms with Crippen LogP contribution in [0.1, 0.15) is 48.8 Å². The fourth-order valence-electron chi connectivity index (χ4n) is 5.20. The summed E-state index contributed by atoms with van der Waals surface area (Å²) in [5, 5.41) is 2.91. The van der Waals surface area contributed by atoms with Crippen molar-refractivity contribution in [3.05, 3.63) is 108 Å². The van der Waals surface area contributed by atoms with Gasteiger partial charge in [-0.2, -0.15) is 0 Å². The van der Waals surface area contributed by atoms with E-state index in [9.17, 15) is 14.4 Å². The highest BCUT2D eigenvalue weighted by atomic mass is 16.2. The fraction of sp³-hybridized carbons (Fsp3) is 0.276. The lowest BCUT2D eigenvalue weighted by Gasteiger charge is -2.36. The Kier molecular flexibility index (Phi) is 7.21. The first-order valence-corrected chi connectivity index (χ1v) is 11.8. The normalized spacial score (nSPS) is 17.1. The van der Waals surface area contributed by atoms with Crippen molar-refractivity contribution < 1.29 is 14.4 Å². The molecule has 0 heterocycles. The van der Waals surface area contributed by atoms with E-state index in [0.717, 1.165) is 16.7 Å². The molecule has 2 atom stereocenters. The van der Waals surface area contributed by atoms with E-state index in [2.05, 4.69) is 5.32 Å². The van der Waals surface area contributed by atoms with Crippen molar-refractivity contribution in [2.75, 3.05) is 0 Å². The molecule has 3 N–H and O–H groups in total. The lowest BCUT2D eigenvalue weighted by molar-refractivity contribution is -0.131. The number of rotatable bonds is 8. The maximum Gasteiger partial charge on any atom is 0.240 e. The summed E-state index contributed by atoms with van der Waals surface area (Å²) in [7, 11) is 0. The van der Waals surface area contributed by atoms with Crippen molar-refractivity contribution in [1.29, 1.82) is 0 Å². The highest BCUT2D eigenvalue weighted by Gasteiger charge is 2.40. The quantitative estimate of drug-likeness (QED) is 0.501. The molecule has 1 aliphatic carbocycles. The Labute approximate surface area is 200 Å². The molecule has 0 aromatic heterocycles. The van der Waals surface area contributed by atoms with Crippen LogP contribution in [0.5, 0.6) is 0 Å². The average Bonchev–Trinajstić information content (AvgIpc) is 2.87. The zero-order valence-electron chi connectivity index (χ0n) is 19.2. The predicted octanol–water partition coefficient (Wildman–Crippen LogP) is 4.14. The van der Waals surface area contributed by atoms with Gasteiger partial charge in [-0.05, 0) is 35.4 Å². The van der Waals surface area contributed by atoms with Gasteiger partial charge in [0.1, 0.15) is 11.8 Å². The lowest BCUT2D eigenvalue weighted by atomic mass is 9.67. The molecule has 0 aliphatic heterocycles. The van der Waals surface area contributed by atoms with Crippen molar-refractivity contribution in [1.82, 2.24) is 5.32 Å². The minimum Gasteiger partial charge on any atom is -0.368 e. The van der Waals surface area contributed by atoms with Crippen molar-refractivity contribution in [3.8, 4) is 0 Å². The first-order valence-electron chi connectivity index (χ1n) is 11.8. The molecule has 3 aromatic carbocycles. The molecule has 1 saturated carbocycles. The van der Waals surface area contributed by atoms with Gasteiger partial charge in [0, 0.05) is 19.3 Å². The average molecular weight is 455 g/mol. The number of amides is 2. The van der Waals surface area contributed by atoms with Gasteiger partial charge in [0.05, 0.1) is 5.41 Å². The van der Waals surface area contributed by atoms with Crippen molar-refractivity contribution in [2.45, 2.75) is 43.6 Å². The third-order valence-corrected chi connectivity index (χ3v) is 6.84. The highest BCUT2D eigenvalue weighted by Crippen LogP contribution is 2.42. The molecule has 0 spiro atoms. The number of primary amides is 1. The van der Waals surface area contributed by atoms with E-state index in [1.165, 1.54) is 0 Å². The molecule has 0 unspecified atom stereocenters. The van der Waals surface area contributed by atoms with Crippen LogP contribution in [0.3, 0.4) is 0 Å². The Hall–Kier alpha value is -3.73. The summed E-state index contributed by atoms with van der Waals surface area (Å²) in [4.78, 5) is 37.9. The van der Waals surface area contributed by atoms with E-state index in [4.69, 9.17) is 5.73 Å². The number of nitrogens with two attached hydrogens (primary N) is 1. The topological polar surface area (TPSA) is 89.3 Å². The number of benzene rings is 3. The summed E-state index contributed by atoms with van der Waals surface area (Å²) in [5.41, 5.74) is 7.86. The monoisotopic (exact) mass is 454 g/mol. The second-order valence-electron chi connectivity index (χ2n) is 9.02. The standard InChI is InChI=1S/C29H30N2O3/c30-28(34)27(21-11-10-18-25(32)19-21)31-26(33)20-29(22-12-4-1-5-13-22,23-14-6-2-7-15-23)24-16-8-3-9-17-24/h1-9,12-17,21,27H,10-11,18-20H2,(H2,30,34)(H,31,33)/t21-,27-/m1/s1. The molecule has 0 bridgehead atoms. The molecule has 3 aromatic rings. The second-order valence-corrected chi connectivity index (χ2v) is 9.02. The van der Waals surface area contributed by atoms with E-state index < -0.39 is 17.4 Å². The van der Waals surface area contributed by atoms with Crippen LogP contribution in [0, 0.1) is 5.92 Å². The summed E-state index contributed by atoms with van der Waals surface area (Å²) in [6.45, 7) is 0. The molecule has 5 nitrogen and oxygen atoms in total. The fourth-order valence-corrected chi connectivity index (χ4v) is 5.20. The Balaban J connectivity index is 1.74. The van der Waals surface area contributed by atoms with E-state index in [-0.39, 0.29) is 30.4 Å². The van der Waals surface area contributed by atoms with E-state index in [1.807, 2.05) is 91.0 Å². The molecule has 174 valence electrons. The van der Waals surface area contributed by atoms with Crippen LogP contribution in [0.2, 0.25) is 0 Å². The number of carbonyl (C=O) groups excluding carboxylic acids is 3. The third kappa shape index (κ3) is 4.93. The lowest BCUT2D eigenvalue weighted by Crippen LogP contribution is -2.51. The largest absolute Gasteiger partial charge is 0.368 e. The number of carbonyl (C=O) groups is 3. The predicted molar refractivity (Wildman–Crippen MR) is 132 cm³/mol. The summed E-state index contributed by atoms with van der Waals surface area (Å²) >= 11 is 0. The molecule has 2 amide bonds. The molecular formula is C29H30N2O3. The number of nitrogens with one attached hydrogen (secondary N) is 1. The highest BCUT2D eigenvalue weighted by molar-refractivity contribution is 5.89. The molecule has 1 aliphatic rings. The zero-order chi connectivity index (χ0) is 24.0. The van der Waals surface area contributed by atoms with Gasteiger partial charge in [-0.1, -0.05) is 91.0 Å².